The summed E-state index contributed by atoms with van der Waals surface area (Å²) in [5.41, 5.74) is 3.89. The Morgan fingerprint density at radius 3 is 2.45 bits per heavy atom. The highest BCUT2D eigenvalue weighted by molar-refractivity contribution is 6.31. The molecule has 0 aliphatic heterocycles. The summed E-state index contributed by atoms with van der Waals surface area (Å²) in [5, 5.41) is 3.58. The van der Waals surface area contributed by atoms with Gasteiger partial charge in [0.05, 0.1) is 24.3 Å². The molecule has 0 saturated heterocycles. The third-order valence-corrected chi connectivity index (χ3v) is 8.63. The van der Waals surface area contributed by atoms with E-state index >= 15 is 0 Å². The summed E-state index contributed by atoms with van der Waals surface area (Å²) >= 11 is 6.55. The van der Waals surface area contributed by atoms with Crippen molar-refractivity contribution in [3.63, 3.8) is 0 Å². The molecule has 1 fully saturated rings. The molecular formula is C32H31ClF3NO3. The van der Waals surface area contributed by atoms with Crippen LogP contribution in [0.3, 0.4) is 0 Å². The second-order valence-electron chi connectivity index (χ2n) is 11.0. The van der Waals surface area contributed by atoms with E-state index in [-0.39, 0.29) is 23.3 Å². The minimum atomic E-state index is -4.38. The lowest BCUT2D eigenvalue weighted by molar-refractivity contribution is -0.137. The van der Waals surface area contributed by atoms with Crippen LogP contribution in [0.4, 0.5) is 13.2 Å². The second kappa shape index (κ2) is 10.9. The molecule has 1 unspecified atom stereocenters. The fourth-order valence-corrected chi connectivity index (χ4v) is 6.22. The van der Waals surface area contributed by atoms with E-state index in [0.717, 1.165) is 48.4 Å². The summed E-state index contributed by atoms with van der Waals surface area (Å²) in [5.74, 6) is -0.646. The normalized spacial score (nSPS) is 18.1. The zero-order valence-electron chi connectivity index (χ0n) is 22.4. The number of esters is 1. The van der Waals surface area contributed by atoms with E-state index in [9.17, 15) is 22.8 Å². The molecule has 40 heavy (non-hydrogen) atoms. The molecule has 1 saturated carbocycles. The number of amides is 1. The van der Waals surface area contributed by atoms with Crippen LogP contribution in [0.1, 0.15) is 99.5 Å². The van der Waals surface area contributed by atoms with Crippen molar-refractivity contribution in [3.8, 4) is 0 Å². The Balaban J connectivity index is 1.40. The van der Waals surface area contributed by atoms with Crippen molar-refractivity contribution in [2.24, 2.45) is 0 Å². The highest BCUT2D eigenvalue weighted by Crippen LogP contribution is 2.59. The topological polar surface area (TPSA) is 55.4 Å². The average Bonchev–Trinajstić information content (AvgIpc) is 3.72. The first-order chi connectivity index (χ1) is 19.0. The smallest absolute Gasteiger partial charge is 0.416 e. The van der Waals surface area contributed by atoms with Gasteiger partial charge in [0, 0.05) is 10.6 Å². The van der Waals surface area contributed by atoms with Crippen LogP contribution >= 0.6 is 11.6 Å². The number of benzene rings is 3. The summed E-state index contributed by atoms with van der Waals surface area (Å²) in [4.78, 5) is 25.5. The maximum atomic E-state index is 13.7. The maximum Gasteiger partial charge on any atom is 0.416 e. The monoisotopic (exact) mass is 569 g/mol. The number of carbonyl (C=O) groups excluding carboxylic acids is 2. The molecule has 8 heteroatoms. The van der Waals surface area contributed by atoms with E-state index in [4.69, 9.17) is 16.3 Å². The molecule has 1 N–H and O–H groups in total. The van der Waals surface area contributed by atoms with E-state index in [2.05, 4.69) is 5.32 Å². The Bertz CT molecular complexity index is 1430. The quantitative estimate of drug-likeness (QED) is 0.292. The van der Waals surface area contributed by atoms with Gasteiger partial charge in [-0.1, -0.05) is 41.9 Å². The van der Waals surface area contributed by atoms with Crippen LogP contribution in [-0.2, 0) is 22.7 Å². The lowest BCUT2D eigenvalue weighted by Crippen LogP contribution is -2.30. The zero-order valence-corrected chi connectivity index (χ0v) is 23.2. The van der Waals surface area contributed by atoms with Gasteiger partial charge in [-0.25, -0.2) is 4.79 Å². The number of hydrogen-bond acceptors (Lipinski definition) is 3. The standard InChI is InChI=1S/C32H31ClF3NO3/c1-19(21-8-10-23(11-9-21)30(39)40-2)37-29(38)26-17-25(33)18-27-28(26)22(12-13-31(27)14-15-31)7-6-20-4-3-5-24(16-20)32(34,35)36/h3-5,8-11,16-19,22H,6-7,12-15H2,1-2H3,(H,37,38)/t19-,22?/m0/s1. The second-order valence-corrected chi connectivity index (χ2v) is 11.4. The van der Waals surface area contributed by atoms with Crippen LogP contribution in [0.2, 0.25) is 5.02 Å². The van der Waals surface area contributed by atoms with Gasteiger partial charge < -0.3 is 10.1 Å². The molecule has 0 radical (unpaired) electrons. The molecule has 1 spiro atoms. The Morgan fingerprint density at radius 2 is 1.80 bits per heavy atom. The van der Waals surface area contributed by atoms with E-state index in [0.29, 0.717) is 34.6 Å². The van der Waals surface area contributed by atoms with Crippen LogP contribution in [-0.4, -0.2) is 19.0 Å². The SMILES string of the molecule is COC(=O)c1ccc([C@H](C)NC(=O)c2cc(Cl)cc3c2C(CCc2cccc(C(F)(F)F)c2)CCC32CC2)cc1. The van der Waals surface area contributed by atoms with E-state index in [1.54, 1.807) is 36.4 Å². The first kappa shape index (κ1) is 28.2. The summed E-state index contributed by atoms with van der Waals surface area (Å²) < 4.78 is 44.5. The Kier molecular flexibility index (Phi) is 7.71. The average molecular weight is 570 g/mol. The zero-order chi connectivity index (χ0) is 28.7. The molecule has 0 bridgehead atoms. The first-order valence-corrected chi connectivity index (χ1v) is 13.9. The molecule has 2 atom stereocenters. The number of alkyl halides is 3. The lowest BCUT2D eigenvalue weighted by Gasteiger charge is -2.34. The van der Waals surface area contributed by atoms with Gasteiger partial charge in [-0.15, -0.1) is 0 Å². The summed E-state index contributed by atoms with van der Waals surface area (Å²) in [7, 11) is 1.32. The van der Waals surface area contributed by atoms with Gasteiger partial charge in [0.25, 0.3) is 5.91 Å². The maximum absolute atomic E-state index is 13.7. The minimum absolute atomic E-state index is 0.0310. The Morgan fingerprint density at radius 1 is 1.07 bits per heavy atom. The lowest BCUT2D eigenvalue weighted by atomic mass is 9.71. The van der Waals surface area contributed by atoms with Crippen LogP contribution in [0.5, 0.6) is 0 Å². The predicted octanol–water partition coefficient (Wildman–Crippen LogP) is 8.18. The van der Waals surface area contributed by atoms with Crippen molar-refractivity contribution in [1.82, 2.24) is 5.32 Å². The van der Waals surface area contributed by atoms with E-state index < -0.39 is 17.7 Å². The van der Waals surface area contributed by atoms with Gasteiger partial charge in [0.1, 0.15) is 0 Å². The van der Waals surface area contributed by atoms with Crippen molar-refractivity contribution < 1.29 is 27.5 Å². The number of ether oxygens (including phenoxy) is 1. The van der Waals surface area contributed by atoms with Crippen LogP contribution in [0.25, 0.3) is 0 Å². The molecule has 210 valence electrons. The van der Waals surface area contributed by atoms with Gasteiger partial charge in [0.2, 0.25) is 0 Å². The number of halogens is 4. The van der Waals surface area contributed by atoms with Gasteiger partial charge in [-0.2, -0.15) is 13.2 Å². The highest BCUT2D eigenvalue weighted by atomic mass is 35.5. The molecule has 0 heterocycles. The fourth-order valence-electron chi connectivity index (χ4n) is 6.00. The predicted molar refractivity (Wildman–Crippen MR) is 148 cm³/mol. The van der Waals surface area contributed by atoms with Crippen LogP contribution in [0, 0.1) is 0 Å². The number of nitrogens with one attached hydrogen (secondary N) is 1. The molecule has 3 aromatic rings. The number of carbonyl (C=O) groups is 2. The fraction of sp³-hybridized carbons (Fsp3) is 0.375. The van der Waals surface area contributed by atoms with Gasteiger partial charge in [-0.3, -0.25) is 4.79 Å². The van der Waals surface area contributed by atoms with Gasteiger partial charge in [0.15, 0.2) is 0 Å². The Hall–Kier alpha value is -3.32. The molecular weight excluding hydrogens is 539 g/mol. The number of aryl methyl sites for hydroxylation is 1. The largest absolute Gasteiger partial charge is 0.465 e. The van der Waals surface area contributed by atoms with Crippen molar-refractivity contribution in [1.29, 1.82) is 0 Å². The van der Waals surface area contributed by atoms with Crippen molar-refractivity contribution >= 4 is 23.5 Å². The van der Waals surface area contributed by atoms with E-state index in [1.165, 1.54) is 19.2 Å². The molecule has 4 nitrogen and oxygen atoms in total. The van der Waals surface area contributed by atoms with E-state index in [1.807, 2.05) is 13.0 Å². The number of fused-ring (bicyclic) bond motifs is 2. The van der Waals surface area contributed by atoms with Crippen molar-refractivity contribution in [3.05, 3.63) is 105 Å². The summed E-state index contributed by atoms with van der Waals surface area (Å²) in [6, 6.07) is 15.7. The molecule has 5 rings (SSSR count). The number of methoxy groups -OCH3 is 1. The molecule has 0 aromatic heterocycles. The third-order valence-electron chi connectivity index (χ3n) is 8.41. The first-order valence-electron chi connectivity index (χ1n) is 13.5. The van der Waals surface area contributed by atoms with Gasteiger partial charge >= 0.3 is 12.1 Å². The minimum Gasteiger partial charge on any atom is -0.465 e. The summed E-state index contributed by atoms with van der Waals surface area (Å²) in [6.07, 6.45) is 0.681. The van der Waals surface area contributed by atoms with Crippen LogP contribution < -0.4 is 5.32 Å². The number of hydrogen-bond donors (Lipinski definition) is 1. The van der Waals surface area contributed by atoms with Crippen molar-refractivity contribution in [2.75, 3.05) is 7.11 Å². The Labute approximate surface area is 236 Å². The highest BCUT2D eigenvalue weighted by Gasteiger charge is 2.49. The molecule has 2 aliphatic carbocycles. The summed E-state index contributed by atoms with van der Waals surface area (Å²) in [6.45, 7) is 1.87. The third kappa shape index (κ3) is 5.75. The number of rotatable bonds is 7. The molecule has 1 amide bonds. The molecule has 3 aromatic carbocycles. The van der Waals surface area contributed by atoms with Gasteiger partial charge in [-0.05, 0) is 109 Å². The van der Waals surface area contributed by atoms with Crippen molar-refractivity contribution in [2.45, 2.75) is 69.0 Å². The van der Waals surface area contributed by atoms with Crippen LogP contribution in [0.15, 0.2) is 60.7 Å². The molecule has 2 aliphatic rings.